The van der Waals surface area contributed by atoms with Crippen LogP contribution in [0.4, 0.5) is 0 Å². The highest BCUT2D eigenvalue weighted by molar-refractivity contribution is 6.04. The van der Waals surface area contributed by atoms with Crippen molar-refractivity contribution in [3.63, 3.8) is 0 Å². The topological polar surface area (TPSA) is 43.4 Å². The van der Waals surface area contributed by atoms with Crippen LogP contribution in [0.25, 0.3) is 0 Å². The molecule has 2 atom stereocenters. The molecule has 0 fully saturated rings. The van der Waals surface area contributed by atoms with Crippen LogP contribution in [0, 0.1) is 5.92 Å². The average Bonchev–Trinajstić information content (AvgIpc) is 2.63. The van der Waals surface area contributed by atoms with Crippen molar-refractivity contribution in [2.24, 2.45) is 5.92 Å². The van der Waals surface area contributed by atoms with Crippen LogP contribution in [0.1, 0.15) is 28.3 Å². The second-order valence-corrected chi connectivity index (χ2v) is 4.10. The quantitative estimate of drug-likeness (QED) is 0.591. The van der Waals surface area contributed by atoms with Crippen molar-refractivity contribution in [1.82, 2.24) is 0 Å². The molecule has 17 heavy (non-hydrogen) atoms. The van der Waals surface area contributed by atoms with E-state index in [0.29, 0.717) is 5.56 Å². The molecule has 88 valence electrons. The number of ketones is 1. The summed E-state index contributed by atoms with van der Waals surface area (Å²) in [5.41, 5.74) is 1.66. The highest BCUT2D eigenvalue weighted by Crippen LogP contribution is 2.40. The molecule has 2 rings (SSSR count). The Morgan fingerprint density at radius 2 is 2.18 bits per heavy atom. The Balaban J connectivity index is 2.35. The first kappa shape index (κ1) is 11.6. The Morgan fingerprint density at radius 1 is 1.47 bits per heavy atom. The van der Waals surface area contributed by atoms with E-state index < -0.39 is 0 Å². The summed E-state index contributed by atoms with van der Waals surface area (Å²) in [5.74, 6) is -0.797. The van der Waals surface area contributed by atoms with Gasteiger partial charge in [0.2, 0.25) is 0 Å². The molecule has 0 spiro atoms. The van der Waals surface area contributed by atoms with Crippen LogP contribution in [0.3, 0.4) is 0 Å². The minimum atomic E-state index is -0.364. The summed E-state index contributed by atoms with van der Waals surface area (Å²) >= 11 is 0. The molecule has 1 aliphatic carbocycles. The third-order valence-electron chi connectivity index (χ3n) is 3.22. The number of ether oxygens (including phenoxy) is 1. The molecule has 0 heterocycles. The zero-order chi connectivity index (χ0) is 12.4. The number of hydrogen-bond acceptors (Lipinski definition) is 3. The van der Waals surface area contributed by atoms with Crippen molar-refractivity contribution in [1.29, 1.82) is 0 Å². The number of carbonyl (C=O) groups excluding carboxylic acids is 2. The van der Waals surface area contributed by atoms with Crippen molar-refractivity contribution in [2.75, 3.05) is 7.11 Å². The minimum Gasteiger partial charge on any atom is -0.469 e. The van der Waals surface area contributed by atoms with Crippen molar-refractivity contribution >= 4 is 11.8 Å². The second-order valence-electron chi connectivity index (χ2n) is 4.10. The Kier molecular flexibility index (Phi) is 3.09. The summed E-state index contributed by atoms with van der Waals surface area (Å²) in [6, 6.07) is 7.43. The number of benzene rings is 1. The third kappa shape index (κ3) is 1.88. The summed E-state index contributed by atoms with van der Waals surface area (Å²) < 4.78 is 4.63. The predicted octanol–water partition coefficient (Wildman–Crippen LogP) is 2.33. The van der Waals surface area contributed by atoms with Gasteiger partial charge in [0, 0.05) is 17.4 Å². The van der Waals surface area contributed by atoms with E-state index in [9.17, 15) is 9.59 Å². The molecule has 0 saturated heterocycles. The molecule has 3 heteroatoms. The normalized spacial score (nSPS) is 22.1. The molecule has 1 aliphatic rings. The zero-order valence-corrected chi connectivity index (χ0v) is 9.68. The van der Waals surface area contributed by atoms with Crippen molar-refractivity contribution < 1.29 is 14.3 Å². The highest BCUT2D eigenvalue weighted by Gasteiger charge is 2.38. The molecule has 0 radical (unpaired) electrons. The lowest BCUT2D eigenvalue weighted by molar-refractivity contribution is -0.141. The van der Waals surface area contributed by atoms with E-state index in [0.717, 1.165) is 5.56 Å². The summed E-state index contributed by atoms with van der Waals surface area (Å²) in [5, 5.41) is 0. The number of allylic oxidation sites excluding steroid dienone is 1. The Hall–Kier alpha value is -1.90. The smallest absolute Gasteiger partial charge is 0.306 e. The van der Waals surface area contributed by atoms with Gasteiger partial charge in [-0.1, -0.05) is 30.3 Å². The van der Waals surface area contributed by atoms with Gasteiger partial charge in [0.25, 0.3) is 0 Å². The third-order valence-corrected chi connectivity index (χ3v) is 3.22. The molecule has 0 saturated carbocycles. The van der Waals surface area contributed by atoms with Crippen molar-refractivity contribution in [3.05, 3.63) is 48.0 Å². The van der Waals surface area contributed by atoms with E-state index in [1.54, 1.807) is 12.1 Å². The van der Waals surface area contributed by atoms with Gasteiger partial charge < -0.3 is 4.74 Å². The molecule has 0 N–H and O–H groups in total. The number of methoxy groups -OCH3 is 1. The van der Waals surface area contributed by atoms with Crippen LogP contribution >= 0.6 is 0 Å². The van der Waals surface area contributed by atoms with E-state index in [4.69, 9.17) is 0 Å². The van der Waals surface area contributed by atoms with Crippen molar-refractivity contribution in [2.45, 2.75) is 12.3 Å². The van der Waals surface area contributed by atoms with Gasteiger partial charge in [-0.2, -0.15) is 0 Å². The molecule has 0 amide bonds. The Bertz CT molecular complexity index is 476. The Labute approximate surface area is 100 Å². The first-order chi connectivity index (χ1) is 8.19. The number of esters is 1. The molecule has 0 aliphatic heterocycles. The van der Waals surface area contributed by atoms with Gasteiger partial charge in [0.1, 0.15) is 0 Å². The maximum atomic E-state index is 12.2. The highest BCUT2D eigenvalue weighted by atomic mass is 16.5. The van der Waals surface area contributed by atoms with E-state index >= 15 is 0 Å². The van der Waals surface area contributed by atoms with Crippen molar-refractivity contribution in [3.8, 4) is 0 Å². The number of fused-ring (bicyclic) bond motifs is 1. The fourth-order valence-corrected chi connectivity index (χ4v) is 2.37. The Morgan fingerprint density at radius 3 is 2.82 bits per heavy atom. The SMILES string of the molecule is C=C[C@@H]1c2ccccc2C(=O)[C@H]1CC(=O)OC. The molecule has 0 bridgehead atoms. The molecule has 0 aromatic heterocycles. The number of Topliss-reactive ketones (excluding diaryl/α,β-unsaturated/α-hetero) is 1. The van der Waals surface area contributed by atoms with Crippen LogP contribution in [0.15, 0.2) is 36.9 Å². The lowest BCUT2D eigenvalue weighted by Crippen LogP contribution is -2.18. The van der Waals surface area contributed by atoms with Crippen LogP contribution in [0.5, 0.6) is 0 Å². The van der Waals surface area contributed by atoms with E-state index in [1.165, 1.54) is 7.11 Å². The molecular weight excluding hydrogens is 216 g/mol. The lowest BCUT2D eigenvalue weighted by Gasteiger charge is -2.13. The van der Waals surface area contributed by atoms with E-state index in [2.05, 4.69) is 11.3 Å². The summed E-state index contributed by atoms with van der Waals surface area (Å²) in [6.45, 7) is 3.76. The fourth-order valence-electron chi connectivity index (χ4n) is 2.37. The van der Waals surface area contributed by atoms with Crippen LogP contribution in [-0.2, 0) is 9.53 Å². The van der Waals surface area contributed by atoms with Crippen LogP contribution in [-0.4, -0.2) is 18.9 Å². The first-order valence-electron chi connectivity index (χ1n) is 5.51. The fraction of sp³-hybridized carbons (Fsp3) is 0.286. The molecule has 3 nitrogen and oxygen atoms in total. The van der Waals surface area contributed by atoms with Gasteiger partial charge in [0.15, 0.2) is 5.78 Å². The largest absolute Gasteiger partial charge is 0.469 e. The van der Waals surface area contributed by atoms with Gasteiger partial charge in [-0.25, -0.2) is 0 Å². The zero-order valence-electron chi connectivity index (χ0n) is 9.68. The average molecular weight is 230 g/mol. The number of hydrogen-bond donors (Lipinski definition) is 0. The minimum absolute atomic E-state index is 0.0101. The molecular formula is C14H14O3. The van der Waals surface area contributed by atoms with Crippen LogP contribution < -0.4 is 0 Å². The summed E-state index contributed by atoms with van der Waals surface area (Å²) in [6.07, 6.45) is 1.85. The maximum absolute atomic E-state index is 12.2. The van der Waals surface area contributed by atoms with Gasteiger partial charge in [-0.05, 0) is 5.56 Å². The second kappa shape index (κ2) is 4.53. The van der Waals surface area contributed by atoms with E-state index in [1.807, 2.05) is 18.2 Å². The standard InChI is InChI=1S/C14H14O3/c1-3-9-10-6-4-5-7-11(10)14(16)12(9)8-13(15)17-2/h3-7,9,12H,1,8H2,2H3/t9-,12+/m1/s1. The predicted molar refractivity (Wildman–Crippen MR) is 63.8 cm³/mol. The molecule has 1 aromatic rings. The molecule has 0 unspecified atom stereocenters. The van der Waals surface area contributed by atoms with Gasteiger partial charge in [-0.15, -0.1) is 6.58 Å². The van der Waals surface area contributed by atoms with Gasteiger partial charge in [-0.3, -0.25) is 9.59 Å². The first-order valence-corrected chi connectivity index (χ1v) is 5.51. The number of rotatable bonds is 3. The number of carbonyl (C=O) groups is 2. The van der Waals surface area contributed by atoms with Gasteiger partial charge in [0.05, 0.1) is 13.5 Å². The van der Waals surface area contributed by atoms with E-state index in [-0.39, 0.29) is 30.0 Å². The monoisotopic (exact) mass is 230 g/mol. The lowest BCUT2D eigenvalue weighted by atomic mass is 9.90. The summed E-state index contributed by atoms with van der Waals surface area (Å²) in [7, 11) is 1.33. The molecule has 1 aromatic carbocycles. The summed E-state index contributed by atoms with van der Waals surface area (Å²) in [4.78, 5) is 23.5. The maximum Gasteiger partial charge on any atom is 0.306 e. The van der Waals surface area contributed by atoms with Crippen LogP contribution in [0.2, 0.25) is 0 Å². The van der Waals surface area contributed by atoms with Gasteiger partial charge >= 0.3 is 5.97 Å².